The van der Waals surface area contributed by atoms with E-state index in [9.17, 15) is 14.7 Å². The molecule has 1 aromatic heterocycles. The Morgan fingerprint density at radius 2 is 2.19 bits per heavy atom. The Bertz CT molecular complexity index is 429. The van der Waals surface area contributed by atoms with Crippen molar-refractivity contribution in [2.45, 2.75) is 31.3 Å². The van der Waals surface area contributed by atoms with Crippen LogP contribution in [0.15, 0.2) is 11.0 Å². The van der Waals surface area contributed by atoms with Gasteiger partial charge in [-0.15, -0.1) is 0 Å². The minimum atomic E-state index is -0.772. The number of carbonyl (C=O) groups is 1. The van der Waals surface area contributed by atoms with Crippen LogP contribution in [-0.4, -0.2) is 33.1 Å². The lowest BCUT2D eigenvalue weighted by atomic mass is 10.0. The molecule has 88 valence electrons. The molecule has 1 fully saturated rings. The molecule has 6 heteroatoms. The van der Waals surface area contributed by atoms with Crippen molar-refractivity contribution < 1.29 is 9.90 Å². The summed E-state index contributed by atoms with van der Waals surface area (Å²) in [7, 11) is 0. The molecule has 0 radical (unpaired) electrons. The first-order valence-electron chi connectivity index (χ1n) is 5.37. The van der Waals surface area contributed by atoms with Crippen LogP contribution in [0.25, 0.3) is 0 Å². The lowest BCUT2D eigenvalue weighted by Gasteiger charge is -2.21. The van der Waals surface area contributed by atoms with E-state index in [-0.39, 0.29) is 18.1 Å². The minimum absolute atomic E-state index is 0.187. The normalized spacial score (nSPS) is 18.6. The SMILES string of the molecule is O=C(NCC1(O)CCCC1)c1c[nH]c(=O)[nH]1. The fraction of sp³-hybridized carbons (Fsp3) is 0.600. The fourth-order valence-corrected chi connectivity index (χ4v) is 2.00. The maximum absolute atomic E-state index is 11.5. The predicted molar refractivity (Wildman–Crippen MR) is 57.2 cm³/mol. The summed E-state index contributed by atoms with van der Waals surface area (Å²) in [6.07, 6.45) is 4.74. The highest BCUT2D eigenvalue weighted by molar-refractivity contribution is 5.91. The summed E-state index contributed by atoms with van der Waals surface area (Å²) in [6, 6.07) is 0. The number of rotatable bonds is 3. The summed E-state index contributed by atoms with van der Waals surface area (Å²) in [5.41, 5.74) is -0.997. The molecule has 6 nitrogen and oxygen atoms in total. The molecule has 0 aliphatic heterocycles. The lowest BCUT2D eigenvalue weighted by Crippen LogP contribution is -2.40. The number of aromatic nitrogens is 2. The van der Waals surface area contributed by atoms with E-state index in [1.165, 1.54) is 6.20 Å². The molecular formula is C10H15N3O3. The third-order valence-corrected chi connectivity index (χ3v) is 2.95. The molecule has 0 spiro atoms. The number of H-pyrrole nitrogens is 2. The molecule has 0 bridgehead atoms. The molecule has 0 saturated heterocycles. The van der Waals surface area contributed by atoms with Crippen molar-refractivity contribution in [1.82, 2.24) is 15.3 Å². The van der Waals surface area contributed by atoms with Crippen molar-refractivity contribution in [3.05, 3.63) is 22.4 Å². The quantitative estimate of drug-likeness (QED) is 0.570. The van der Waals surface area contributed by atoms with Gasteiger partial charge < -0.3 is 20.4 Å². The number of nitrogens with one attached hydrogen (secondary N) is 3. The van der Waals surface area contributed by atoms with Gasteiger partial charge in [0.15, 0.2) is 0 Å². The Balaban J connectivity index is 1.91. The van der Waals surface area contributed by atoms with Crippen LogP contribution in [0.1, 0.15) is 36.2 Å². The maximum atomic E-state index is 11.5. The van der Waals surface area contributed by atoms with Gasteiger partial charge in [0.1, 0.15) is 5.69 Å². The zero-order valence-electron chi connectivity index (χ0n) is 8.88. The summed E-state index contributed by atoms with van der Waals surface area (Å²) < 4.78 is 0. The van der Waals surface area contributed by atoms with Crippen molar-refractivity contribution in [1.29, 1.82) is 0 Å². The number of aliphatic hydroxyl groups is 1. The summed E-state index contributed by atoms with van der Waals surface area (Å²) in [4.78, 5) is 27.0. The molecule has 1 amide bonds. The molecular weight excluding hydrogens is 210 g/mol. The molecule has 0 unspecified atom stereocenters. The number of hydrogen-bond acceptors (Lipinski definition) is 3. The van der Waals surface area contributed by atoms with Gasteiger partial charge in [0, 0.05) is 12.7 Å². The molecule has 1 aliphatic rings. The van der Waals surface area contributed by atoms with Gasteiger partial charge in [-0.2, -0.15) is 0 Å². The highest BCUT2D eigenvalue weighted by Crippen LogP contribution is 2.28. The summed E-state index contributed by atoms with van der Waals surface area (Å²) in [6.45, 7) is 0.235. The Labute approximate surface area is 92.1 Å². The third kappa shape index (κ3) is 2.33. The van der Waals surface area contributed by atoms with E-state index in [0.29, 0.717) is 0 Å². The average Bonchev–Trinajstić information content (AvgIpc) is 2.85. The smallest absolute Gasteiger partial charge is 0.323 e. The number of aromatic amines is 2. The van der Waals surface area contributed by atoms with Crippen LogP contribution in [0.3, 0.4) is 0 Å². The zero-order chi connectivity index (χ0) is 11.6. The van der Waals surface area contributed by atoms with Crippen LogP contribution >= 0.6 is 0 Å². The van der Waals surface area contributed by atoms with Crippen LogP contribution < -0.4 is 11.0 Å². The van der Waals surface area contributed by atoms with Crippen molar-refractivity contribution in [2.24, 2.45) is 0 Å². The van der Waals surface area contributed by atoms with Crippen molar-refractivity contribution in [3.8, 4) is 0 Å². The first-order chi connectivity index (χ1) is 7.59. The third-order valence-electron chi connectivity index (χ3n) is 2.95. The van der Waals surface area contributed by atoms with E-state index < -0.39 is 11.3 Å². The number of imidazole rings is 1. The van der Waals surface area contributed by atoms with E-state index in [2.05, 4.69) is 15.3 Å². The van der Waals surface area contributed by atoms with Crippen LogP contribution in [0.5, 0.6) is 0 Å². The van der Waals surface area contributed by atoms with Gasteiger partial charge in [0.25, 0.3) is 5.91 Å². The molecule has 1 heterocycles. The minimum Gasteiger partial charge on any atom is -0.388 e. The summed E-state index contributed by atoms with van der Waals surface area (Å²) in [5.74, 6) is -0.376. The zero-order valence-corrected chi connectivity index (χ0v) is 8.88. The second-order valence-electron chi connectivity index (χ2n) is 4.27. The Morgan fingerprint density at radius 3 is 2.75 bits per heavy atom. The first-order valence-corrected chi connectivity index (χ1v) is 5.37. The molecule has 16 heavy (non-hydrogen) atoms. The topological polar surface area (TPSA) is 98.0 Å². The van der Waals surface area contributed by atoms with Gasteiger partial charge >= 0.3 is 5.69 Å². The van der Waals surface area contributed by atoms with Crippen LogP contribution in [0.2, 0.25) is 0 Å². The molecule has 0 aromatic carbocycles. The van der Waals surface area contributed by atoms with Gasteiger partial charge in [-0.05, 0) is 12.8 Å². The molecule has 1 aliphatic carbocycles. The van der Waals surface area contributed by atoms with Gasteiger partial charge in [-0.1, -0.05) is 12.8 Å². The molecule has 4 N–H and O–H groups in total. The molecule has 2 rings (SSSR count). The van der Waals surface area contributed by atoms with Crippen molar-refractivity contribution in [2.75, 3.05) is 6.54 Å². The number of carbonyl (C=O) groups excluding carboxylic acids is 1. The highest BCUT2D eigenvalue weighted by atomic mass is 16.3. The van der Waals surface area contributed by atoms with Gasteiger partial charge in [0.05, 0.1) is 5.60 Å². The Morgan fingerprint density at radius 1 is 1.50 bits per heavy atom. The Kier molecular flexibility index (Phi) is 2.82. The van der Waals surface area contributed by atoms with Gasteiger partial charge in [-0.25, -0.2) is 4.79 Å². The van der Waals surface area contributed by atoms with E-state index >= 15 is 0 Å². The number of hydrogen-bond donors (Lipinski definition) is 4. The van der Waals surface area contributed by atoms with Gasteiger partial charge in [0.2, 0.25) is 0 Å². The fourth-order valence-electron chi connectivity index (χ4n) is 2.00. The monoisotopic (exact) mass is 225 g/mol. The molecule has 1 aromatic rings. The van der Waals surface area contributed by atoms with Crippen molar-refractivity contribution >= 4 is 5.91 Å². The van der Waals surface area contributed by atoms with E-state index in [1.54, 1.807) is 0 Å². The Hall–Kier alpha value is -1.56. The maximum Gasteiger partial charge on any atom is 0.323 e. The van der Waals surface area contributed by atoms with E-state index in [4.69, 9.17) is 0 Å². The number of amides is 1. The predicted octanol–water partition coefficient (Wildman–Crippen LogP) is -0.262. The van der Waals surface area contributed by atoms with Crippen molar-refractivity contribution in [3.63, 3.8) is 0 Å². The van der Waals surface area contributed by atoms with Gasteiger partial charge in [-0.3, -0.25) is 4.79 Å². The standard InChI is InChI=1S/C10H15N3O3/c14-8(7-5-11-9(15)13-7)12-6-10(16)3-1-2-4-10/h5,16H,1-4,6H2,(H,12,14)(H2,11,13,15). The first kappa shape index (κ1) is 10.9. The molecule has 0 atom stereocenters. The summed E-state index contributed by atoms with van der Waals surface area (Å²) in [5, 5.41) is 12.6. The van der Waals surface area contributed by atoms with E-state index in [1.807, 2.05) is 0 Å². The second-order valence-corrected chi connectivity index (χ2v) is 4.27. The molecule has 1 saturated carbocycles. The lowest BCUT2D eigenvalue weighted by molar-refractivity contribution is 0.0448. The van der Waals surface area contributed by atoms with Crippen LogP contribution in [0, 0.1) is 0 Å². The highest BCUT2D eigenvalue weighted by Gasteiger charge is 2.31. The van der Waals surface area contributed by atoms with Crippen LogP contribution in [0.4, 0.5) is 0 Å². The van der Waals surface area contributed by atoms with Crippen LogP contribution in [-0.2, 0) is 0 Å². The second kappa shape index (κ2) is 4.13. The van der Waals surface area contributed by atoms with E-state index in [0.717, 1.165) is 25.7 Å². The largest absolute Gasteiger partial charge is 0.388 e. The average molecular weight is 225 g/mol. The summed E-state index contributed by atoms with van der Waals surface area (Å²) >= 11 is 0.